The van der Waals surface area contributed by atoms with Crippen molar-refractivity contribution in [1.29, 1.82) is 0 Å². The summed E-state index contributed by atoms with van der Waals surface area (Å²) in [6, 6.07) is 8.06. The third-order valence-corrected chi connectivity index (χ3v) is 4.83. The molecule has 2 N–H and O–H groups in total. The van der Waals surface area contributed by atoms with Crippen LogP contribution in [0.2, 0.25) is 0 Å². The summed E-state index contributed by atoms with van der Waals surface area (Å²) in [5.41, 5.74) is 7.17. The maximum atomic E-state index is 12.6. The number of anilines is 1. The van der Waals surface area contributed by atoms with Crippen molar-refractivity contribution in [2.24, 2.45) is 0 Å². The highest BCUT2D eigenvalue weighted by atomic mass is 16.2. The van der Waals surface area contributed by atoms with E-state index in [-0.39, 0.29) is 5.91 Å². The normalized spacial score (nSPS) is 24.0. The average Bonchev–Trinajstić information content (AvgIpc) is 2.92. The van der Waals surface area contributed by atoms with Gasteiger partial charge >= 0.3 is 0 Å². The van der Waals surface area contributed by atoms with Crippen molar-refractivity contribution in [3.63, 3.8) is 0 Å². The summed E-state index contributed by atoms with van der Waals surface area (Å²) in [5, 5.41) is 0. The van der Waals surface area contributed by atoms with E-state index in [0.29, 0.717) is 17.3 Å². The zero-order valence-corrected chi connectivity index (χ0v) is 12.6. The van der Waals surface area contributed by atoms with Crippen LogP contribution in [-0.2, 0) is 0 Å². The minimum absolute atomic E-state index is 0.0928. The molecule has 1 aromatic rings. The first-order chi connectivity index (χ1) is 10.3. The number of nitrogens with two attached hydrogens (primary N) is 1. The Morgan fingerprint density at radius 3 is 2.52 bits per heavy atom. The van der Waals surface area contributed by atoms with Gasteiger partial charge in [0.1, 0.15) is 0 Å². The molecule has 0 bridgehead atoms. The number of hydrogen-bond donors (Lipinski definition) is 1. The molecule has 0 saturated carbocycles. The molecule has 21 heavy (non-hydrogen) atoms. The molecular weight excluding hydrogens is 262 g/mol. The Morgan fingerprint density at radius 2 is 1.76 bits per heavy atom. The predicted octanol–water partition coefficient (Wildman–Crippen LogP) is 2.36. The molecule has 1 aromatic carbocycles. The molecule has 1 atom stereocenters. The van der Waals surface area contributed by atoms with E-state index in [2.05, 4.69) is 4.90 Å². The summed E-state index contributed by atoms with van der Waals surface area (Å²) in [6.07, 6.45) is 6.07. The highest BCUT2D eigenvalue weighted by Crippen LogP contribution is 2.23. The van der Waals surface area contributed by atoms with E-state index in [1.54, 1.807) is 6.07 Å². The van der Waals surface area contributed by atoms with E-state index in [4.69, 9.17) is 5.73 Å². The van der Waals surface area contributed by atoms with E-state index in [1.165, 1.54) is 32.4 Å². The minimum Gasteiger partial charge on any atom is -0.398 e. The lowest BCUT2D eigenvalue weighted by Gasteiger charge is -2.26. The van der Waals surface area contributed by atoms with Gasteiger partial charge < -0.3 is 15.5 Å². The monoisotopic (exact) mass is 287 g/mol. The molecule has 0 aromatic heterocycles. The van der Waals surface area contributed by atoms with Crippen LogP contribution < -0.4 is 5.73 Å². The number of nitrogens with zero attached hydrogens (tertiary/aromatic N) is 2. The van der Waals surface area contributed by atoms with Gasteiger partial charge in [-0.3, -0.25) is 4.79 Å². The van der Waals surface area contributed by atoms with Crippen molar-refractivity contribution in [3.05, 3.63) is 29.8 Å². The number of amides is 1. The Hall–Kier alpha value is -1.55. The number of benzene rings is 1. The molecule has 1 unspecified atom stereocenters. The molecule has 2 saturated heterocycles. The maximum absolute atomic E-state index is 12.6. The summed E-state index contributed by atoms with van der Waals surface area (Å²) in [6.45, 7) is 4.19. The van der Waals surface area contributed by atoms with Crippen LogP contribution in [0.1, 0.15) is 42.5 Å². The molecule has 2 aliphatic rings. The SMILES string of the molecule is Nc1ccccc1C(=O)N1CCCC(N2CCCC2)CC1. The molecule has 2 aliphatic heterocycles. The van der Waals surface area contributed by atoms with Gasteiger partial charge in [0.2, 0.25) is 0 Å². The van der Waals surface area contributed by atoms with Gasteiger partial charge in [0.25, 0.3) is 5.91 Å². The van der Waals surface area contributed by atoms with Gasteiger partial charge in [0, 0.05) is 24.8 Å². The van der Waals surface area contributed by atoms with Crippen LogP contribution in [0.15, 0.2) is 24.3 Å². The quantitative estimate of drug-likeness (QED) is 0.850. The highest BCUT2D eigenvalue weighted by molar-refractivity contribution is 5.99. The third-order valence-electron chi connectivity index (χ3n) is 4.83. The van der Waals surface area contributed by atoms with Crippen LogP contribution in [0, 0.1) is 0 Å². The lowest BCUT2D eigenvalue weighted by molar-refractivity contribution is 0.0759. The summed E-state index contributed by atoms with van der Waals surface area (Å²) in [5.74, 6) is 0.0928. The lowest BCUT2D eigenvalue weighted by Crippen LogP contribution is -2.35. The van der Waals surface area contributed by atoms with Crippen molar-refractivity contribution >= 4 is 11.6 Å². The first-order valence-corrected chi connectivity index (χ1v) is 8.13. The van der Waals surface area contributed by atoms with Gasteiger partial charge in [-0.25, -0.2) is 0 Å². The number of rotatable bonds is 2. The predicted molar refractivity (Wildman–Crippen MR) is 85.2 cm³/mol. The average molecular weight is 287 g/mol. The first kappa shape index (κ1) is 14.4. The molecule has 4 nitrogen and oxygen atoms in total. The Labute approximate surface area is 126 Å². The molecule has 114 valence electrons. The molecule has 0 radical (unpaired) electrons. The van der Waals surface area contributed by atoms with Crippen LogP contribution >= 0.6 is 0 Å². The van der Waals surface area contributed by atoms with Crippen LogP contribution in [0.3, 0.4) is 0 Å². The molecular formula is C17H25N3O. The second kappa shape index (κ2) is 6.48. The summed E-state index contributed by atoms with van der Waals surface area (Å²) < 4.78 is 0. The summed E-state index contributed by atoms with van der Waals surface area (Å²) in [7, 11) is 0. The standard InChI is InChI=1S/C17H25N3O/c18-16-8-2-1-7-15(16)17(21)20-12-5-6-14(9-13-20)19-10-3-4-11-19/h1-2,7-8,14H,3-6,9-13,18H2. The van der Waals surface area contributed by atoms with E-state index >= 15 is 0 Å². The number of carbonyl (C=O) groups excluding carboxylic acids is 1. The van der Waals surface area contributed by atoms with Crippen LogP contribution in [-0.4, -0.2) is 47.9 Å². The van der Waals surface area contributed by atoms with Crippen molar-refractivity contribution < 1.29 is 4.79 Å². The molecule has 3 rings (SSSR count). The van der Waals surface area contributed by atoms with Crippen molar-refractivity contribution in [3.8, 4) is 0 Å². The van der Waals surface area contributed by atoms with Crippen LogP contribution in [0.4, 0.5) is 5.69 Å². The Morgan fingerprint density at radius 1 is 1.00 bits per heavy atom. The van der Waals surface area contributed by atoms with Gasteiger partial charge in [-0.1, -0.05) is 12.1 Å². The minimum atomic E-state index is 0.0928. The van der Waals surface area contributed by atoms with Gasteiger partial charge in [-0.05, 0) is 57.3 Å². The molecule has 0 aliphatic carbocycles. The fourth-order valence-electron chi connectivity index (χ4n) is 3.62. The summed E-state index contributed by atoms with van der Waals surface area (Å²) >= 11 is 0. The third kappa shape index (κ3) is 3.21. The Bertz CT molecular complexity index is 497. The Balaban J connectivity index is 1.64. The topological polar surface area (TPSA) is 49.6 Å². The van der Waals surface area contributed by atoms with Crippen LogP contribution in [0.25, 0.3) is 0 Å². The number of para-hydroxylation sites is 1. The zero-order chi connectivity index (χ0) is 14.7. The van der Waals surface area contributed by atoms with Crippen molar-refractivity contribution in [2.75, 3.05) is 31.9 Å². The second-order valence-electron chi connectivity index (χ2n) is 6.21. The number of hydrogen-bond acceptors (Lipinski definition) is 3. The largest absolute Gasteiger partial charge is 0.398 e. The number of carbonyl (C=O) groups is 1. The van der Waals surface area contributed by atoms with E-state index < -0.39 is 0 Å². The maximum Gasteiger partial charge on any atom is 0.255 e. The van der Waals surface area contributed by atoms with Gasteiger partial charge in [-0.2, -0.15) is 0 Å². The van der Waals surface area contributed by atoms with E-state index in [0.717, 1.165) is 25.9 Å². The molecule has 2 fully saturated rings. The van der Waals surface area contributed by atoms with Gasteiger partial charge in [0.05, 0.1) is 5.56 Å². The number of likely N-dealkylation sites (tertiary alicyclic amines) is 2. The van der Waals surface area contributed by atoms with Crippen molar-refractivity contribution in [2.45, 2.75) is 38.1 Å². The van der Waals surface area contributed by atoms with E-state index in [9.17, 15) is 4.79 Å². The molecule has 0 spiro atoms. The second-order valence-corrected chi connectivity index (χ2v) is 6.21. The van der Waals surface area contributed by atoms with Crippen LogP contribution in [0.5, 0.6) is 0 Å². The fraction of sp³-hybridized carbons (Fsp3) is 0.588. The smallest absolute Gasteiger partial charge is 0.255 e. The molecule has 4 heteroatoms. The first-order valence-electron chi connectivity index (χ1n) is 8.13. The van der Waals surface area contributed by atoms with Gasteiger partial charge in [0.15, 0.2) is 0 Å². The Kier molecular flexibility index (Phi) is 4.44. The summed E-state index contributed by atoms with van der Waals surface area (Å²) in [4.78, 5) is 17.2. The number of nitrogen functional groups attached to an aromatic ring is 1. The highest BCUT2D eigenvalue weighted by Gasteiger charge is 2.27. The molecule has 1 amide bonds. The van der Waals surface area contributed by atoms with Crippen molar-refractivity contribution in [1.82, 2.24) is 9.80 Å². The van der Waals surface area contributed by atoms with E-state index in [1.807, 2.05) is 23.1 Å². The molecule has 2 heterocycles. The fourth-order valence-corrected chi connectivity index (χ4v) is 3.62. The lowest BCUT2D eigenvalue weighted by atomic mass is 10.1. The van der Waals surface area contributed by atoms with Gasteiger partial charge in [-0.15, -0.1) is 0 Å². The zero-order valence-electron chi connectivity index (χ0n) is 12.6.